The number of hydrogen-bond acceptors (Lipinski definition) is 5. The van der Waals surface area contributed by atoms with Crippen molar-refractivity contribution in [1.29, 1.82) is 0 Å². The molecule has 0 spiro atoms. The molecule has 24 heavy (non-hydrogen) atoms. The first-order chi connectivity index (χ1) is 11.5. The van der Waals surface area contributed by atoms with Crippen molar-refractivity contribution in [2.45, 2.75) is 6.54 Å². The van der Waals surface area contributed by atoms with E-state index < -0.39 is 17.6 Å². The molecule has 1 aromatic carbocycles. The molecule has 1 aliphatic heterocycles. The summed E-state index contributed by atoms with van der Waals surface area (Å²) in [4.78, 5) is 30.1. The fourth-order valence-corrected chi connectivity index (χ4v) is 2.78. The van der Waals surface area contributed by atoms with Gasteiger partial charge in [0, 0.05) is 19.2 Å². The Hall–Kier alpha value is -2.96. The van der Waals surface area contributed by atoms with E-state index in [2.05, 4.69) is 4.98 Å². The molecule has 0 aliphatic carbocycles. The third-order valence-corrected chi connectivity index (χ3v) is 3.96. The van der Waals surface area contributed by atoms with Crippen LogP contribution in [0.4, 0.5) is 10.1 Å². The van der Waals surface area contributed by atoms with Crippen LogP contribution in [-0.2, 0) is 11.3 Å². The number of pyridine rings is 1. The van der Waals surface area contributed by atoms with E-state index in [-0.39, 0.29) is 23.9 Å². The number of benzene rings is 1. The molecule has 0 saturated heterocycles. The summed E-state index contributed by atoms with van der Waals surface area (Å²) in [7, 11) is 1.44. The number of halogens is 1. The van der Waals surface area contributed by atoms with E-state index in [1.165, 1.54) is 19.2 Å². The van der Waals surface area contributed by atoms with Crippen molar-refractivity contribution in [2.24, 2.45) is 11.7 Å². The summed E-state index contributed by atoms with van der Waals surface area (Å²) in [6, 6.07) is 9.49. The van der Waals surface area contributed by atoms with Gasteiger partial charge in [-0.3, -0.25) is 9.59 Å². The highest BCUT2D eigenvalue weighted by Gasteiger charge is 2.36. The van der Waals surface area contributed by atoms with Crippen molar-refractivity contribution in [3.63, 3.8) is 0 Å². The molecule has 0 radical (unpaired) electrons. The van der Waals surface area contributed by atoms with Gasteiger partial charge in [0.1, 0.15) is 17.4 Å². The van der Waals surface area contributed by atoms with Crippen LogP contribution in [0.3, 0.4) is 0 Å². The van der Waals surface area contributed by atoms with Gasteiger partial charge in [-0.05, 0) is 23.8 Å². The number of ether oxygens (including phenoxy) is 1. The van der Waals surface area contributed by atoms with Crippen LogP contribution in [0.25, 0.3) is 0 Å². The van der Waals surface area contributed by atoms with Crippen LogP contribution in [-0.4, -0.2) is 30.3 Å². The number of hydrogen-bond donors (Lipinski definition) is 1. The van der Waals surface area contributed by atoms with Crippen molar-refractivity contribution in [2.75, 3.05) is 18.6 Å². The lowest BCUT2D eigenvalue weighted by molar-refractivity contribution is -0.120. The zero-order valence-electron chi connectivity index (χ0n) is 13.0. The summed E-state index contributed by atoms with van der Waals surface area (Å²) < 4.78 is 18.5. The number of nitrogens with zero attached hydrogens (tertiary/aromatic N) is 2. The molecule has 6 nitrogen and oxygen atoms in total. The number of carbonyl (C=O) groups excluding carboxylic acids is 2. The van der Waals surface area contributed by atoms with E-state index >= 15 is 0 Å². The van der Waals surface area contributed by atoms with Crippen LogP contribution in [0.5, 0.6) is 5.88 Å². The second-order valence-electron chi connectivity index (χ2n) is 5.55. The summed E-state index contributed by atoms with van der Waals surface area (Å²) in [5.74, 6) is -2.20. The number of amides is 1. The van der Waals surface area contributed by atoms with Crippen LogP contribution in [0.1, 0.15) is 16.1 Å². The Bertz CT molecular complexity index is 809. The molecule has 2 aromatic rings. The smallest absolute Gasteiger partial charge is 0.230 e. The number of ketones is 1. The summed E-state index contributed by atoms with van der Waals surface area (Å²) in [6.45, 7) is 0.460. The predicted molar refractivity (Wildman–Crippen MR) is 85.3 cm³/mol. The zero-order valence-corrected chi connectivity index (χ0v) is 13.0. The molecule has 0 saturated carbocycles. The van der Waals surface area contributed by atoms with Gasteiger partial charge in [0.05, 0.1) is 12.8 Å². The second-order valence-corrected chi connectivity index (χ2v) is 5.55. The van der Waals surface area contributed by atoms with Crippen molar-refractivity contribution in [3.05, 3.63) is 53.5 Å². The van der Waals surface area contributed by atoms with Crippen molar-refractivity contribution in [1.82, 2.24) is 4.98 Å². The van der Waals surface area contributed by atoms with E-state index in [1.54, 1.807) is 29.2 Å². The van der Waals surface area contributed by atoms with Gasteiger partial charge in [-0.1, -0.05) is 12.1 Å². The number of primary amides is 1. The van der Waals surface area contributed by atoms with Gasteiger partial charge in [0.25, 0.3) is 0 Å². The molecule has 0 fully saturated rings. The monoisotopic (exact) mass is 329 g/mol. The highest BCUT2D eigenvalue weighted by Crippen LogP contribution is 2.31. The third-order valence-electron chi connectivity index (χ3n) is 3.96. The minimum Gasteiger partial charge on any atom is -0.481 e. The number of nitrogens with two attached hydrogens (primary N) is 1. The van der Waals surface area contributed by atoms with E-state index in [0.29, 0.717) is 17.8 Å². The number of aromatic nitrogens is 1. The number of rotatable bonds is 4. The number of Topliss-reactive ketones (excluding diaryl/α,β-unsaturated/α-hetero) is 1. The molecule has 1 aromatic heterocycles. The van der Waals surface area contributed by atoms with Gasteiger partial charge in [-0.25, -0.2) is 9.37 Å². The minimum absolute atomic E-state index is 0.131. The zero-order chi connectivity index (χ0) is 17.3. The van der Waals surface area contributed by atoms with Crippen LogP contribution >= 0.6 is 0 Å². The summed E-state index contributed by atoms with van der Waals surface area (Å²) in [5, 5.41) is 0. The fourth-order valence-electron chi connectivity index (χ4n) is 2.78. The van der Waals surface area contributed by atoms with E-state index in [1.807, 2.05) is 0 Å². The third kappa shape index (κ3) is 2.92. The molecular formula is C17H16FN3O3. The Morgan fingerprint density at radius 2 is 2.21 bits per heavy atom. The van der Waals surface area contributed by atoms with Crippen LogP contribution in [0, 0.1) is 11.7 Å². The lowest BCUT2D eigenvalue weighted by Gasteiger charge is -2.33. The Morgan fingerprint density at radius 1 is 1.42 bits per heavy atom. The summed E-state index contributed by atoms with van der Waals surface area (Å²) >= 11 is 0. The van der Waals surface area contributed by atoms with Gasteiger partial charge in [-0.15, -0.1) is 0 Å². The lowest BCUT2D eigenvalue weighted by Crippen LogP contribution is -2.45. The van der Waals surface area contributed by atoms with Gasteiger partial charge in [0.2, 0.25) is 11.8 Å². The average Bonchev–Trinajstić information content (AvgIpc) is 2.56. The Labute approximate surface area is 138 Å². The molecule has 124 valence electrons. The topological polar surface area (TPSA) is 85.5 Å². The molecule has 1 aliphatic rings. The first kappa shape index (κ1) is 15.9. The predicted octanol–water partition coefficient (Wildman–Crippen LogP) is 1.53. The summed E-state index contributed by atoms with van der Waals surface area (Å²) in [6.07, 6.45) is 0. The number of anilines is 1. The highest BCUT2D eigenvalue weighted by molar-refractivity contribution is 6.13. The minimum atomic E-state index is -0.995. The number of carbonyl (C=O) groups is 2. The van der Waals surface area contributed by atoms with E-state index in [0.717, 1.165) is 0 Å². The standard InChI is InChI=1S/C17H16FN3O3/c1-24-14-6-5-13-15(20-14)16(22)12(17(19)23)9-21(13)8-10-3-2-4-11(18)7-10/h2-7,12H,8-9H2,1H3,(H2,19,23). The van der Waals surface area contributed by atoms with Gasteiger partial charge in [0.15, 0.2) is 5.78 Å². The molecule has 7 heteroatoms. The maximum absolute atomic E-state index is 13.4. The maximum Gasteiger partial charge on any atom is 0.230 e. The van der Waals surface area contributed by atoms with Gasteiger partial charge < -0.3 is 15.4 Å². The Morgan fingerprint density at radius 3 is 2.88 bits per heavy atom. The van der Waals surface area contributed by atoms with Gasteiger partial charge >= 0.3 is 0 Å². The molecule has 1 atom stereocenters. The molecule has 2 N–H and O–H groups in total. The van der Waals surface area contributed by atoms with Crippen molar-refractivity contribution < 1.29 is 18.7 Å². The quantitative estimate of drug-likeness (QED) is 0.860. The maximum atomic E-state index is 13.4. The second kappa shape index (κ2) is 6.27. The lowest BCUT2D eigenvalue weighted by atomic mass is 9.93. The first-order valence-corrected chi connectivity index (χ1v) is 7.37. The molecular weight excluding hydrogens is 313 g/mol. The molecule has 1 unspecified atom stereocenters. The highest BCUT2D eigenvalue weighted by atomic mass is 19.1. The number of methoxy groups -OCH3 is 1. The van der Waals surface area contributed by atoms with Crippen LogP contribution < -0.4 is 15.4 Å². The summed E-state index contributed by atoms with van der Waals surface area (Å²) in [5.41, 5.74) is 6.79. The van der Waals surface area contributed by atoms with Crippen molar-refractivity contribution >= 4 is 17.4 Å². The van der Waals surface area contributed by atoms with E-state index in [4.69, 9.17) is 10.5 Å². The molecule has 3 rings (SSSR count). The Balaban J connectivity index is 2.01. The SMILES string of the molecule is COc1ccc2c(n1)C(=O)C(C(N)=O)CN2Cc1cccc(F)c1. The van der Waals surface area contributed by atoms with Gasteiger partial charge in [-0.2, -0.15) is 0 Å². The Kier molecular flexibility index (Phi) is 4.16. The fraction of sp³-hybridized carbons (Fsp3) is 0.235. The first-order valence-electron chi connectivity index (χ1n) is 7.37. The average molecular weight is 329 g/mol. The normalized spacial score (nSPS) is 16.7. The van der Waals surface area contributed by atoms with Crippen LogP contribution in [0.2, 0.25) is 0 Å². The van der Waals surface area contributed by atoms with E-state index in [9.17, 15) is 14.0 Å². The number of fused-ring (bicyclic) bond motifs is 1. The molecule has 2 heterocycles. The van der Waals surface area contributed by atoms with Crippen LogP contribution in [0.15, 0.2) is 36.4 Å². The molecule has 1 amide bonds. The van der Waals surface area contributed by atoms with Crippen molar-refractivity contribution in [3.8, 4) is 5.88 Å². The molecule has 0 bridgehead atoms. The largest absolute Gasteiger partial charge is 0.481 e.